The van der Waals surface area contributed by atoms with Gasteiger partial charge in [0.25, 0.3) is 0 Å². The first-order chi connectivity index (χ1) is 8.25. The molecule has 5 heteroatoms. The van der Waals surface area contributed by atoms with Gasteiger partial charge >= 0.3 is 0 Å². The van der Waals surface area contributed by atoms with Crippen molar-refractivity contribution in [3.8, 4) is 0 Å². The molecule has 1 aromatic heterocycles. The zero-order chi connectivity index (χ0) is 12.1. The predicted octanol–water partition coefficient (Wildman–Crippen LogP) is 2.43. The molecule has 1 aliphatic heterocycles. The second kappa shape index (κ2) is 6.40. The molecule has 1 fully saturated rings. The van der Waals surface area contributed by atoms with Crippen LogP contribution < -0.4 is 5.32 Å². The lowest BCUT2D eigenvalue weighted by molar-refractivity contribution is 0.320. The molecule has 0 bridgehead atoms. The molecule has 1 aromatic rings. The van der Waals surface area contributed by atoms with Gasteiger partial charge in [0.1, 0.15) is 0 Å². The highest BCUT2D eigenvalue weighted by molar-refractivity contribution is 7.98. The maximum Gasteiger partial charge on any atom is 0.231 e. The van der Waals surface area contributed by atoms with E-state index in [9.17, 15) is 0 Å². The van der Waals surface area contributed by atoms with Gasteiger partial charge in [-0.15, -0.1) is 0 Å². The summed E-state index contributed by atoms with van der Waals surface area (Å²) in [6.07, 6.45) is 2.36. The monoisotopic (exact) mass is 255 g/mol. The minimum Gasteiger partial charge on any atom is -0.339 e. The molecular formula is C12H21N3OS. The fraction of sp³-hybridized carbons (Fsp3) is 0.833. The summed E-state index contributed by atoms with van der Waals surface area (Å²) >= 11 is 1.87. The van der Waals surface area contributed by atoms with Gasteiger partial charge in [-0.05, 0) is 31.1 Å². The first-order valence-electron chi connectivity index (χ1n) is 6.36. The van der Waals surface area contributed by atoms with Crippen molar-refractivity contribution in [3.05, 3.63) is 11.7 Å². The van der Waals surface area contributed by atoms with Crippen molar-refractivity contribution in [1.29, 1.82) is 0 Å². The number of thioether (sulfide) groups is 1. The van der Waals surface area contributed by atoms with E-state index in [1.807, 2.05) is 11.8 Å². The smallest absolute Gasteiger partial charge is 0.231 e. The average molecular weight is 255 g/mol. The minimum atomic E-state index is 0.417. The minimum absolute atomic E-state index is 0.417. The van der Waals surface area contributed by atoms with Crippen LogP contribution in [0.5, 0.6) is 0 Å². The zero-order valence-corrected chi connectivity index (χ0v) is 11.4. The zero-order valence-electron chi connectivity index (χ0n) is 10.6. The van der Waals surface area contributed by atoms with E-state index in [0.29, 0.717) is 11.8 Å². The quantitative estimate of drug-likeness (QED) is 0.875. The van der Waals surface area contributed by atoms with Crippen LogP contribution in [0.15, 0.2) is 4.52 Å². The van der Waals surface area contributed by atoms with Gasteiger partial charge in [-0.2, -0.15) is 16.7 Å². The predicted molar refractivity (Wildman–Crippen MR) is 70.1 cm³/mol. The Bertz CT molecular complexity index is 334. The summed E-state index contributed by atoms with van der Waals surface area (Å²) in [5, 5.41) is 7.42. The van der Waals surface area contributed by atoms with E-state index >= 15 is 0 Å². The van der Waals surface area contributed by atoms with Crippen LogP contribution in [0.2, 0.25) is 0 Å². The molecule has 0 saturated carbocycles. The van der Waals surface area contributed by atoms with Crippen LogP contribution in [0.1, 0.15) is 44.3 Å². The summed E-state index contributed by atoms with van der Waals surface area (Å²) in [6, 6.07) is 0. The lowest BCUT2D eigenvalue weighted by atomic mass is 10.00. The summed E-state index contributed by atoms with van der Waals surface area (Å²) < 4.78 is 5.35. The standard InChI is InChI=1S/C12H21N3OS/c1-9(2)7-17-8-11-14-12(16-15-11)10-4-3-5-13-6-10/h9-10,13H,3-8H2,1-2H3. The third-order valence-corrected chi connectivity index (χ3v) is 4.18. The number of rotatable bonds is 5. The molecule has 17 heavy (non-hydrogen) atoms. The summed E-state index contributed by atoms with van der Waals surface area (Å²) in [6.45, 7) is 6.53. The normalized spacial score (nSPS) is 21.0. The molecule has 1 atom stereocenters. The van der Waals surface area contributed by atoms with E-state index in [-0.39, 0.29) is 0 Å². The Kier molecular flexibility index (Phi) is 4.86. The number of hydrogen-bond donors (Lipinski definition) is 1. The van der Waals surface area contributed by atoms with Crippen LogP contribution in [0, 0.1) is 5.92 Å². The Hall–Kier alpha value is -0.550. The molecule has 0 spiro atoms. The van der Waals surface area contributed by atoms with Crippen LogP contribution in [0.4, 0.5) is 0 Å². The molecule has 1 unspecified atom stereocenters. The lowest BCUT2D eigenvalue weighted by Gasteiger charge is -2.18. The summed E-state index contributed by atoms with van der Waals surface area (Å²) in [7, 11) is 0. The van der Waals surface area contributed by atoms with Gasteiger partial charge in [0.2, 0.25) is 5.89 Å². The van der Waals surface area contributed by atoms with Crippen molar-refractivity contribution < 1.29 is 4.52 Å². The van der Waals surface area contributed by atoms with Gasteiger partial charge in [-0.1, -0.05) is 19.0 Å². The van der Waals surface area contributed by atoms with Gasteiger partial charge < -0.3 is 9.84 Å². The Labute approximate surface area is 107 Å². The molecule has 1 N–H and O–H groups in total. The van der Waals surface area contributed by atoms with Gasteiger partial charge in [-0.25, -0.2) is 0 Å². The number of aromatic nitrogens is 2. The van der Waals surface area contributed by atoms with E-state index in [2.05, 4.69) is 29.3 Å². The fourth-order valence-electron chi connectivity index (χ4n) is 1.94. The first kappa shape index (κ1) is 12.9. The highest BCUT2D eigenvalue weighted by atomic mass is 32.2. The van der Waals surface area contributed by atoms with Gasteiger partial charge in [0, 0.05) is 6.54 Å². The van der Waals surface area contributed by atoms with E-state index < -0.39 is 0 Å². The molecule has 4 nitrogen and oxygen atoms in total. The third-order valence-electron chi connectivity index (χ3n) is 2.81. The number of nitrogens with one attached hydrogen (secondary N) is 1. The Morgan fingerprint density at radius 3 is 3.12 bits per heavy atom. The maximum atomic E-state index is 5.35. The molecule has 0 aromatic carbocycles. The van der Waals surface area contributed by atoms with Crippen LogP contribution in [0.25, 0.3) is 0 Å². The first-order valence-corrected chi connectivity index (χ1v) is 7.52. The maximum absolute atomic E-state index is 5.35. The number of hydrogen-bond acceptors (Lipinski definition) is 5. The van der Waals surface area contributed by atoms with Crippen molar-refractivity contribution in [2.24, 2.45) is 5.92 Å². The van der Waals surface area contributed by atoms with E-state index in [4.69, 9.17) is 4.52 Å². The average Bonchev–Trinajstić information content (AvgIpc) is 2.78. The molecule has 96 valence electrons. The second-order valence-corrected chi connectivity index (χ2v) is 6.03. The molecule has 0 amide bonds. The van der Waals surface area contributed by atoms with Crippen LogP contribution >= 0.6 is 11.8 Å². The van der Waals surface area contributed by atoms with Crippen molar-refractivity contribution in [3.63, 3.8) is 0 Å². The molecule has 1 aliphatic rings. The summed E-state index contributed by atoms with van der Waals surface area (Å²) in [4.78, 5) is 4.49. The highest BCUT2D eigenvalue weighted by Crippen LogP contribution is 2.22. The van der Waals surface area contributed by atoms with Crippen molar-refractivity contribution in [2.75, 3.05) is 18.8 Å². The Morgan fingerprint density at radius 1 is 1.53 bits per heavy atom. The van der Waals surface area contributed by atoms with Gasteiger partial charge in [0.05, 0.1) is 11.7 Å². The van der Waals surface area contributed by atoms with Gasteiger partial charge in [0.15, 0.2) is 5.82 Å². The van der Waals surface area contributed by atoms with Crippen molar-refractivity contribution in [2.45, 2.75) is 38.4 Å². The van der Waals surface area contributed by atoms with E-state index in [1.165, 1.54) is 6.42 Å². The molecule has 2 heterocycles. The Morgan fingerprint density at radius 2 is 2.41 bits per heavy atom. The lowest BCUT2D eigenvalue weighted by Crippen LogP contribution is -2.28. The summed E-state index contributed by atoms with van der Waals surface area (Å²) in [5.41, 5.74) is 0. The number of nitrogens with zero attached hydrogens (tertiary/aromatic N) is 2. The van der Waals surface area contributed by atoms with E-state index in [0.717, 1.165) is 42.7 Å². The molecule has 1 saturated heterocycles. The third kappa shape index (κ3) is 4.00. The van der Waals surface area contributed by atoms with Crippen molar-refractivity contribution in [1.82, 2.24) is 15.5 Å². The highest BCUT2D eigenvalue weighted by Gasteiger charge is 2.21. The fourth-order valence-corrected chi connectivity index (χ4v) is 2.83. The Balaban J connectivity index is 1.82. The molecule has 2 rings (SSSR count). The number of piperidine rings is 1. The second-order valence-electron chi connectivity index (χ2n) is 5.00. The van der Waals surface area contributed by atoms with Crippen LogP contribution in [-0.2, 0) is 5.75 Å². The van der Waals surface area contributed by atoms with Crippen LogP contribution in [0.3, 0.4) is 0 Å². The van der Waals surface area contributed by atoms with Gasteiger partial charge in [-0.3, -0.25) is 0 Å². The topological polar surface area (TPSA) is 51.0 Å². The molecule has 0 radical (unpaired) electrons. The largest absolute Gasteiger partial charge is 0.339 e. The summed E-state index contributed by atoms with van der Waals surface area (Å²) in [5.74, 6) is 4.80. The SMILES string of the molecule is CC(C)CSCc1noc(C2CCCNC2)n1. The molecule has 0 aliphatic carbocycles. The van der Waals surface area contributed by atoms with E-state index in [1.54, 1.807) is 0 Å². The van der Waals surface area contributed by atoms with Crippen molar-refractivity contribution >= 4 is 11.8 Å². The molecular weight excluding hydrogens is 234 g/mol. The van der Waals surface area contributed by atoms with Crippen LogP contribution in [-0.4, -0.2) is 29.0 Å².